The second-order valence-electron chi connectivity index (χ2n) is 2.43. The monoisotopic (exact) mass is 136 g/mol. The smallest absolute Gasteiger partial charge is 0.226 e. The second-order valence-corrected chi connectivity index (χ2v) is 2.43. The maximum Gasteiger partial charge on any atom is 0.226 e. The summed E-state index contributed by atoms with van der Waals surface area (Å²) in [6.45, 7) is 0.678. The molecule has 0 unspecified atom stereocenters. The number of aromatic nitrogens is 1. The van der Waals surface area contributed by atoms with Crippen LogP contribution in [0, 0.1) is 0 Å². The van der Waals surface area contributed by atoms with Crippen molar-refractivity contribution in [3.63, 3.8) is 0 Å². The van der Waals surface area contributed by atoms with Gasteiger partial charge in [0.25, 0.3) is 0 Å². The molecule has 10 heavy (non-hydrogen) atoms. The number of carbonyl (C=O) groups is 1. The van der Waals surface area contributed by atoms with Crippen LogP contribution in [-0.4, -0.2) is 10.9 Å². The minimum absolute atomic E-state index is 0.106. The minimum atomic E-state index is 0.106. The average Bonchev–Trinajstić information content (AvgIpc) is 2.33. The third kappa shape index (κ3) is 0.708. The standard InChI is InChI=1S/C7H8N2O/c10-7-3-6-5(4-9-7)1-2-8-6/h1-2,8H,3-4H2,(H,9,10). The third-order valence-corrected chi connectivity index (χ3v) is 1.74. The fourth-order valence-electron chi connectivity index (χ4n) is 1.18. The Morgan fingerprint density at radius 3 is 3.30 bits per heavy atom. The van der Waals surface area contributed by atoms with E-state index in [-0.39, 0.29) is 5.91 Å². The molecule has 1 aliphatic rings. The minimum Gasteiger partial charge on any atom is -0.364 e. The molecule has 0 saturated heterocycles. The van der Waals surface area contributed by atoms with Crippen molar-refractivity contribution >= 4 is 5.91 Å². The number of rotatable bonds is 0. The topological polar surface area (TPSA) is 44.9 Å². The highest BCUT2D eigenvalue weighted by molar-refractivity contribution is 5.80. The molecule has 1 aromatic heterocycles. The molecule has 52 valence electrons. The van der Waals surface area contributed by atoms with Crippen molar-refractivity contribution < 1.29 is 4.79 Å². The van der Waals surface area contributed by atoms with E-state index < -0.39 is 0 Å². The summed E-state index contributed by atoms with van der Waals surface area (Å²) in [5, 5.41) is 2.77. The van der Waals surface area contributed by atoms with Crippen LogP contribution in [0.15, 0.2) is 12.3 Å². The van der Waals surface area contributed by atoms with E-state index in [2.05, 4.69) is 10.3 Å². The molecule has 0 aliphatic carbocycles. The molecule has 2 heterocycles. The van der Waals surface area contributed by atoms with Crippen molar-refractivity contribution in [2.45, 2.75) is 13.0 Å². The zero-order valence-corrected chi connectivity index (χ0v) is 5.48. The van der Waals surface area contributed by atoms with Gasteiger partial charge in [-0.1, -0.05) is 0 Å². The van der Waals surface area contributed by atoms with Gasteiger partial charge in [0, 0.05) is 18.4 Å². The number of amides is 1. The maximum atomic E-state index is 10.8. The van der Waals surface area contributed by atoms with Crippen LogP contribution in [0.5, 0.6) is 0 Å². The number of H-pyrrole nitrogens is 1. The van der Waals surface area contributed by atoms with E-state index in [1.807, 2.05) is 12.3 Å². The second kappa shape index (κ2) is 1.87. The highest BCUT2D eigenvalue weighted by Gasteiger charge is 2.14. The Kier molecular flexibility index (Phi) is 1.03. The Labute approximate surface area is 58.4 Å². The Morgan fingerprint density at radius 2 is 2.40 bits per heavy atom. The molecule has 0 bridgehead atoms. The summed E-state index contributed by atoms with van der Waals surface area (Å²) in [4.78, 5) is 13.8. The summed E-state index contributed by atoms with van der Waals surface area (Å²) in [5.74, 6) is 0.106. The van der Waals surface area contributed by atoms with Gasteiger partial charge in [-0.2, -0.15) is 0 Å². The molecule has 3 nitrogen and oxygen atoms in total. The van der Waals surface area contributed by atoms with Crippen molar-refractivity contribution in [2.75, 3.05) is 0 Å². The summed E-state index contributed by atoms with van der Waals surface area (Å²) in [6, 6.07) is 1.99. The number of hydrogen-bond donors (Lipinski definition) is 2. The number of aromatic amines is 1. The number of hydrogen-bond acceptors (Lipinski definition) is 1. The Bertz CT molecular complexity index is 264. The predicted octanol–water partition coefficient (Wildman–Crippen LogP) is 0.187. The Morgan fingerprint density at radius 1 is 1.50 bits per heavy atom. The molecule has 0 atom stereocenters. The van der Waals surface area contributed by atoms with Crippen LogP contribution in [0.1, 0.15) is 11.3 Å². The zero-order chi connectivity index (χ0) is 6.97. The Balaban J connectivity index is 2.39. The fraction of sp³-hybridized carbons (Fsp3) is 0.286. The summed E-state index contributed by atoms with van der Waals surface area (Å²) < 4.78 is 0. The van der Waals surface area contributed by atoms with Gasteiger partial charge in [-0.05, 0) is 11.6 Å². The molecule has 0 fully saturated rings. The lowest BCUT2D eigenvalue weighted by Crippen LogP contribution is -2.29. The highest BCUT2D eigenvalue weighted by atomic mass is 16.1. The molecule has 3 heteroatoms. The predicted molar refractivity (Wildman–Crippen MR) is 36.3 cm³/mol. The zero-order valence-electron chi connectivity index (χ0n) is 5.48. The van der Waals surface area contributed by atoms with Gasteiger partial charge in [0.05, 0.1) is 6.42 Å². The van der Waals surface area contributed by atoms with Gasteiger partial charge < -0.3 is 10.3 Å². The van der Waals surface area contributed by atoms with Gasteiger partial charge in [-0.25, -0.2) is 0 Å². The van der Waals surface area contributed by atoms with Crippen molar-refractivity contribution in [2.24, 2.45) is 0 Å². The summed E-state index contributed by atoms with van der Waals surface area (Å²) in [5.41, 5.74) is 2.27. The Hall–Kier alpha value is -1.25. The van der Waals surface area contributed by atoms with Gasteiger partial charge in [-0.15, -0.1) is 0 Å². The first-order valence-corrected chi connectivity index (χ1v) is 3.28. The van der Waals surface area contributed by atoms with Gasteiger partial charge >= 0.3 is 0 Å². The van der Waals surface area contributed by atoms with E-state index in [0.29, 0.717) is 13.0 Å². The number of fused-ring (bicyclic) bond motifs is 1. The van der Waals surface area contributed by atoms with E-state index >= 15 is 0 Å². The molecular formula is C7H8N2O. The van der Waals surface area contributed by atoms with E-state index in [9.17, 15) is 4.79 Å². The lowest BCUT2D eigenvalue weighted by Gasteiger charge is -2.11. The molecular weight excluding hydrogens is 128 g/mol. The van der Waals surface area contributed by atoms with E-state index in [1.54, 1.807) is 0 Å². The summed E-state index contributed by atoms with van der Waals surface area (Å²) in [7, 11) is 0. The SMILES string of the molecule is O=C1Cc2[nH]ccc2CN1. The van der Waals surface area contributed by atoms with Crippen molar-refractivity contribution in [1.29, 1.82) is 0 Å². The molecule has 0 saturated carbocycles. The largest absolute Gasteiger partial charge is 0.364 e. The van der Waals surface area contributed by atoms with Crippen molar-refractivity contribution in [3.05, 3.63) is 23.5 Å². The molecule has 0 spiro atoms. The van der Waals surface area contributed by atoms with Gasteiger partial charge in [0.2, 0.25) is 5.91 Å². The fourth-order valence-corrected chi connectivity index (χ4v) is 1.18. The lowest BCUT2D eigenvalue weighted by atomic mass is 10.1. The lowest BCUT2D eigenvalue weighted by molar-refractivity contribution is -0.121. The quantitative estimate of drug-likeness (QED) is 0.525. The molecule has 1 amide bonds. The first-order chi connectivity index (χ1) is 4.86. The molecule has 2 rings (SSSR count). The molecule has 1 aliphatic heterocycles. The first-order valence-electron chi connectivity index (χ1n) is 3.28. The molecule has 0 radical (unpaired) electrons. The molecule has 2 N–H and O–H groups in total. The average molecular weight is 136 g/mol. The maximum absolute atomic E-state index is 10.8. The molecule has 0 aromatic carbocycles. The van der Waals surface area contributed by atoms with Crippen LogP contribution in [0.25, 0.3) is 0 Å². The third-order valence-electron chi connectivity index (χ3n) is 1.74. The normalized spacial score (nSPS) is 16.2. The van der Waals surface area contributed by atoms with Crippen LogP contribution < -0.4 is 5.32 Å². The van der Waals surface area contributed by atoms with Crippen LogP contribution in [0.3, 0.4) is 0 Å². The van der Waals surface area contributed by atoms with E-state index in [0.717, 1.165) is 5.69 Å². The van der Waals surface area contributed by atoms with E-state index in [1.165, 1.54) is 5.56 Å². The van der Waals surface area contributed by atoms with Crippen molar-refractivity contribution in [3.8, 4) is 0 Å². The van der Waals surface area contributed by atoms with Crippen LogP contribution in [0.4, 0.5) is 0 Å². The van der Waals surface area contributed by atoms with Crippen LogP contribution in [0.2, 0.25) is 0 Å². The van der Waals surface area contributed by atoms with Gasteiger partial charge in [0.1, 0.15) is 0 Å². The van der Waals surface area contributed by atoms with Crippen molar-refractivity contribution in [1.82, 2.24) is 10.3 Å². The van der Waals surface area contributed by atoms with Crippen LogP contribution >= 0.6 is 0 Å². The number of carbonyl (C=O) groups excluding carboxylic acids is 1. The number of nitrogens with one attached hydrogen (secondary N) is 2. The summed E-state index contributed by atoms with van der Waals surface area (Å²) in [6.07, 6.45) is 2.37. The first kappa shape index (κ1) is 5.53. The van der Waals surface area contributed by atoms with Gasteiger partial charge in [0.15, 0.2) is 0 Å². The molecule has 1 aromatic rings. The summed E-state index contributed by atoms with van der Waals surface area (Å²) >= 11 is 0. The highest BCUT2D eigenvalue weighted by Crippen LogP contribution is 2.10. The van der Waals surface area contributed by atoms with Crippen LogP contribution in [-0.2, 0) is 17.8 Å². The van der Waals surface area contributed by atoms with E-state index in [4.69, 9.17) is 0 Å². The van der Waals surface area contributed by atoms with Gasteiger partial charge in [-0.3, -0.25) is 4.79 Å².